The molecular formula is C23H28N2O5S. The normalized spacial score (nSPS) is 18.6. The number of nitrogens with zero attached hydrogens (tertiary/aromatic N) is 1. The summed E-state index contributed by atoms with van der Waals surface area (Å²) in [6.45, 7) is 4.50. The van der Waals surface area contributed by atoms with Crippen molar-refractivity contribution in [3.05, 3.63) is 59.2 Å². The zero-order valence-electron chi connectivity index (χ0n) is 17.7. The van der Waals surface area contributed by atoms with Gasteiger partial charge >= 0.3 is 0 Å². The van der Waals surface area contributed by atoms with Crippen LogP contribution in [0.1, 0.15) is 41.3 Å². The quantitative estimate of drug-likeness (QED) is 0.710. The summed E-state index contributed by atoms with van der Waals surface area (Å²) in [6, 6.07) is 12.2. The van der Waals surface area contributed by atoms with Crippen molar-refractivity contribution in [2.45, 2.75) is 43.7 Å². The molecule has 1 saturated heterocycles. The summed E-state index contributed by atoms with van der Waals surface area (Å²) < 4.78 is 39.1. The van der Waals surface area contributed by atoms with Gasteiger partial charge in [-0.3, -0.25) is 4.79 Å². The molecule has 2 aromatic rings. The number of hydrogen-bond acceptors (Lipinski definition) is 5. The lowest BCUT2D eigenvalue weighted by Crippen LogP contribution is -2.36. The van der Waals surface area contributed by atoms with Crippen molar-refractivity contribution in [3.63, 3.8) is 0 Å². The average Bonchev–Trinajstić information content (AvgIpc) is 3.31. The van der Waals surface area contributed by atoms with E-state index in [2.05, 4.69) is 10.8 Å². The fourth-order valence-corrected chi connectivity index (χ4v) is 5.15. The van der Waals surface area contributed by atoms with Crippen LogP contribution >= 0.6 is 0 Å². The Balaban J connectivity index is 1.47. The molecule has 1 unspecified atom stereocenters. The molecule has 1 atom stereocenters. The van der Waals surface area contributed by atoms with Gasteiger partial charge in [0.1, 0.15) is 5.75 Å². The van der Waals surface area contributed by atoms with Crippen LogP contribution < -0.4 is 9.46 Å². The number of ether oxygens (including phenoxy) is 2. The summed E-state index contributed by atoms with van der Waals surface area (Å²) in [6.07, 6.45) is 2.47. The van der Waals surface area contributed by atoms with Crippen LogP contribution in [0.25, 0.3) is 0 Å². The molecule has 1 N–H and O–H groups in total. The van der Waals surface area contributed by atoms with Gasteiger partial charge in [0.15, 0.2) is 0 Å². The Morgan fingerprint density at radius 3 is 2.87 bits per heavy atom. The van der Waals surface area contributed by atoms with Crippen LogP contribution in [0.15, 0.2) is 47.4 Å². The molecule has 0 bridgehead atoms. The Bertz CT molecular complexity index is 1050. The molecule has 1 amide bonds. The van der Waals surface area contributed by atoms with Crippen LogP contribution in [-0.2, 0) is 27.7 Å². The Kier molecular flexibility index (Phi) is 6.60. The highest BCUT2D eigenvalue weighted by Gasteiger charge is 2.25. The minimum Gasteiger partial charge on any atom is -0.494 e. The van der Waals surface area contributed by atoms with Crippen molar-refractivity contribution < 1.29 is 22.7 Å². The molecule has 1 fully saturated rings. The summed E-state index contributed by atoms with van der Waals surface area (Å²) in [5, 5.41) is 0. The smallest absolute Gasteiger partial charge is 0.254 e. The van der Waals surface area contributed by atoms with Crippen molar-refractivity contribution in [3.8, 4) is 5.75 Å². The van der Waals surface area contributed by atoms with Gasteiger partial charge in [0.2, 0.25) is 10.0 Å². The third-order valence-electron chi connectivity index (χ3n) is 5.70. The molecule has 2 aromatic carbocycles. The van der Waals surface area contributed by atoms with Gasteiger partial charge in [0, 0.05) is 31.8 Å². The van der Waals surface area contributed by atoms with Crippen molar-refractivity contribution in [2.75, 3.05) is 26.3 Å². The lowest BCUT2D eigenvalue weighted by atomic mass is 9.99. The molecule has 4 rings (SSSR count). The molecule has 0 radical (unpaired) electrons. The molecule has 0 aliphatic carbocycles. The van der Waals surface area contributed by atoms with E-state index >= 15 is 0 Å². The maximum Gasteiger partial charge on any atom is 0.254 e. The average molecular weight is 445 g/mol. The van der Waals surface area contributed by atoms with Crippen LogP contribution in [0.5, 0.6) is 5.75 Å². The van der Waals surface area contributed by atoms with Gasteiger partial charge in [-0.1, -0.05) is 12.1 Å². The Labute approximate surface area is 183 Å². The second-order valence-corrected chi connectivity index (χ2v) is 9.62. The highest BCUT2D eigenvalue weighted by Crippen LogP contribution is 2.25. The minimum absolute atomic E-state index is 0.0883. The first kappa shape index (κ1) is 21.8. The second kappa shape index (κ2) is 9.38. The van der Waals surface area contributed by atoms with Crippen molar-refractivity contribution in [1.29, 1.82) is 0 Å². The van der Waals surface area contributed by atoms with E-state index in [-0.39, 0.29) is 23.5 Å². The summed E-state index contributed by atoms with van der Waals surface area (Å²) in [5.41, 5.74) is 2.64. The van der Waals surface area contributed by atoms with Gasteiger partial charge in [-0.2, -0.15) is 0 Å². The molecule has 166 valence electrons. The number of amides is 1. The number of hydrogen-bond donors (Lipinski definition) is 1. The van der Waals surface area contributed by atoms with E-state index in [0.29, 0.717) is 31.9 Å². The molecule has 7 nitrogen and oxygen atoms in total. The molecule has 2 aliphatic heterocycles. The molecule has 2 aliphatic rings. The molecule has 0 aromatic heterocycles. The first-order valence-electron chi connectivity index (χ1n) is 10.7. The number of fused-ring (bicyclic) bond motifs is 1. The van der Waals surface area contributed by atoms with Crippen LogP contribution in [0.3, 0.4) is 0 Å². The van der Waals surface area contributed by atoms with Crippen LogP contribution in [-0.4, -0.2) is 51.6 Å². The highest BCUT2D eigenvalue weighted by atomic mass is 32.2. The maximum atomic E-state index is 13.1. The van der Waals surface area contributed by atoms with Crippen LogP contribution in [0.4, 0.5) is 0 Å². The summed E-state index contributed by atoms with van der Waals surface area (Å²) in [7, 11) is -3.71. The summed E-state index contributed by atoms with van der Waals surface area (Å²) >= 11 is 0. The SMILES string of the molecule is CCOc1ccc2c(c1)CN(C(=O)c1cccc(S(=O)(=O)NCC3CCCO3)c1)CC2. The van der Waals surface area contributed by atoms with Gasteiger partial charge in [-0.15, -0.1) is 0 Å². The van der Waals surface area contributed by atoms with Gasteiger partial charge < -0.3 is 14.4 Å². The fourth-order valence-electron chi connectivity index (χ4n) is 4.03. The van der Waals surface area contributed by atoms with Gasteiger partial charge in [0.25, 0.3) is 5.91 Å². The van der Waals surface area contributed by atoms with E-state index in [1.54, 1.807) is 17.0 Å². The third-order valence-corrected chi connectivity index (χ3v) is 7.13. The number of rotatable bonds is 7. The van der Waals surface area contributed by atoms with Gasteiger partial charge in [0.05, 0.1) is 17.6 Å². The van der Waals surface area contributed by atoms with E-state index in [9.17, 15) is 13.2 Å². The lowest BCUT2D eigenvalue weighted by molar-refractivity contribution is 0.0734. The largest absolute Gasteiger partial charge is 0.494 e. The fraction of sp³-hybridized carbons (Fsp3) is 0.435. The van der Waals surface area contributed by atoms with Crippen LogP contribution in [0.2, 0.25) is 0 Å². The van der Waals surface area contributed by atoms with E-state index in [0.717, 1.165) is 30.6 Å². The summed E-state index contributed by atoms with van der Waals surface area (Å²) in [4.78, 5) is 15.0. The molecule has 8 heteroatoms. The molecule has 2 heterocycles. The minimum atomic E-state index is -3.71. The first-order valence-corrected chi connectivity index (χ1v) is 12.2. The monoisotopic (exact) mass is 444 g/mol. The van der Waals surface area contributed by atoms with E-state index in [1.807, 2.05) is 19.1 Å². The topological polar surface area (TPSA) is 84.9 Å². The van der Waals surface area contributed by atoms with Crippen molar-refractivity contribution in [2.24, 2.45) is 0 Å². The van der Waals surface area contributed by atoms with E-state index in [4.69, 9.17) is 9.47 Å². The predicted molar refractivity (Wildman–Crippen MR) is 117 cm³/mol. The number of carbonyl (C=O) groups is 1. The highest BCUT2D eigenvalue weighted by molar-refractivity contribution is 7.89. The lowest BCUT2D eigenvalue weighted by Gasteiger charge is -2.29. The van der Waals surface area contributed by atoms with E-state index in [1.165, 1.54) is 17.7 Å². The number of benzene rings is 2. The zero-order valence-corrected chi connectivity index (χ0v) is 18.5. The predicted octanol–water partition coefficient (Wildman–Crippen LogP) is 2.74. The first-order chi connectivity index (χ1) is 15.0. The Morgan fingerprint density at radius 2 is 2.10 bits per heavy atom. The van der Waals surface area contributed by atoms with Crippen LogP contribution in [0, 0.1) is 0 Å². The van der Waals surface area contributed by atoms with Crippen molar-refractivity contribution in [1.82, 2.24) is 9.62 Å². The van der Waals surface area contributed by atoms with Crippen molar-refractivity contribution >= 4 is 15.9 Å². The molecule has 31 heavy (non-hydrogen) atoms. The Morgan fingerprint density at radius 1 is 1.23 bits per heavy atom. The third kappa shape index (κ3) is 5.08. The van der Waals surface area contributed by atoms with E-state index < -0.39 is 10.0 Å². The maximum absolute atomic E-state index is 13.1. The Hall–Kier alpha value is -2.42. The summed E-state index contributed by atoms with van der Waals surface area (Å²) in [5.74, 6) is 0.615. The molecular weight excluding hydrogens is 416 g/mol. The number of nitrogens with one attached hydrogen (secondary N) is 1. The number of carbonyl (C=O) groups excluding carboxylic acids is 1. The number of sulfonamides is 1. The molecule has 0 spiro atoms. The van der Waals surface area contributed by atoms with Gasteiger partial charge in [-0.05, 0) is 67.6 Å². The second-order valence-electron chi connectivity index (χ2n) is 7.85. The standard InChI is InChI=1S/C23H28N2O5S/c1-2-29-20-9-8-17-10-11-25(16-19(17)13-20)23(26)18-5-3-7-22(14-18)31(27,28)24-15-21-6-4-12-30-21/h3,5,7-9,13-14,21,24H,2,4,6,10-12,15-16H2,1H3. The molecule has 0 saturated carbocycles. The zero-order chi connectivity index (χ0) is 21.8. The van der Waals surface area contributed by atoms with Gasteiger partial charge in [-0.25, -0.2) is 13.1 Å².